The Hall–Kier alpha value is -0.260. The van der Waals surface area contributed by atoms with Gasteiger partial charge < -0.3 is 0 Å². The van der Waals surface area contributed by atoms with Crippen molar-refractivity contribution in [3.8, 4) is 0 Å². The summed E-state index contributed by atoms with van der Waals surface area (Å²) >= 11 is 0. The van der Waals surface area contributed by atoms with Gasteiger partial charge in [0.1, 0.15) is 0 Å². The first kappa shape index (κ1) is 20.7. The molecule has 0 aromatic heterocycles. The zero-order chi connectivity index (χ0) is 16.1. The molecule has 0 aliphatic heterocycles. The van der Waals surface area contributed by atoms with Gasteiger partial charge in [-0.3, -0.25) is 0 Å². The monoisotopic (exact) mass is 294 g/mol. The van der Waals surface area contributed by atoms with Gasteiger partial charge in [-0.15, -0.1) is 6.58 Å². The summed E-state index contributed by atoms with van der Waals surface area (Å²) in [6.07, 6.45) is 15.3. The Kier molecular flexibility index (Phi) is 13.2. The quantitative estimate of drug-likeness (QED) is 0.226. The topological polar surface area (TPSA) is 0 Å². The van der Waals surface area contributed by atoms with E-state index in [0.29, 0.717) is 0 Å². The summed E-state index contributed by atoms with van der Waals surface area (Å²) in [6.45, 7) is 15.8. The molecule has 0 bridgehead atoms. The molecule has 0 spiro atoms. The molecule has 0 aromatic carbocycles. The van der Waals surface area contributed by atoms with E-state index in [0.717, 1.165) is 17.8 Å². The lowest BCUT2D eigenvalue weighted by molar-refractivity contribution is 0.370. The Morgan fingerprint density at radius 2 is 1.33 bits per heavy atom. The molecule has 0 aromatic rings. The molecule has 0 aliphatic carbocycles. The van der Waals surface area contributed by atoms with Gasteiger partial charge in [0, 0.05) is 0 Å². The second-order valence-electron chi connectivity index (χ2n) is 7.65. The molecule has 126 valence electrons. The van der Waals surface area contributed by atoms with Gasteiger partial charge >= 0.3 is 0 Å². The highest BCUT2D eigenvalue weighted by Gasteiger charge is 2.09. The summed E-state index contributed by atoms with van der Waals surface area (Å²) < 4.78 is 0. The molecule has 3 unspecified atom stereocenters. The van der Waals surface area contributed by atoms with E-state index in [1.165, 1.54) is 76.2 Å². The minimum Gasteiger partial charge on any atom is -0.100 e. The summed E-state index contributed by atoms with van der Waals surface area (Å²) in [5.41, 5.74) is 1.36. The lowest BCUT2D eigenvalue weighted by atomic mass is 9.89. The predicted octanol–water partition coefficient (Wildman–Crippen LogP) is 7.78. The molecule has 0 amide bonds. The van der Waals surface area contributed by atoms with Gasteiger partial charge in [0.2, 0.25) is 0 Å². The van der Waals surface area contributed by atoms with Crippen LogP contribution < -0.4 is 0 Å². The third kappa shape index (κ3) is 13.1. The number of hydrogen-bond acceptors (Lipinski definition) is 0. The van der Waals surface area contributed by atoms with Crippen LogP contribution in [0, 0.1) is 17.8 Å². The third-order valence-corrected chi connectivity index (χ3v) is 4.98. The van der Waals surface area contributed by atoms with Crippen molar-refractivity contribution in [2.24, 2.45) is 17.8 Å². The van der Waals surface area contributed by atoms with Crippen LogP contribution in [0.4, 0.5) is 0 Å². The van der Waals surface area contributed by atoms with Crippen LogP contribution in [0.3, 0.4) is 0 Å². The average Bonchev–Trinajstić information content (AvgIpc) is 2.45. The fraction of sp³-hybridized carbons (Fsp3) is 0.905. The maximum atomic E-state index is 4.06. The molecule has 0 rings (SSSR count). The average molecular weight is 295 g/mol. The van der Waals surface area contributed by atoms with E-state index in [4.69, 9.17) is 0 Å². The molecule has 0 fully saturated rings. The van der Waals surface area contributed by atoms with Crippen molar-refractivity contribution >= 4 is 0 Å². The number of unbranched alkanes of at least 4 members (excludes halogenated alkanes) is 2. The molecular formula is C21H42. The molecule has 0 nitrogen and oxygen atoms in total. The van der Waals surface area contributed by atoms with Crippen molar-refractivity contribution in [2.75, 3.05) is 0 Å². The van der Waals surface area contributed by atoms with E-state index in [9.17, 15) is 0 Å². The molecule has 0 heteroatoms. The van der Waals surface area contributed by atoms with Crippen molar-refractivity contribution in [1.29, 1.82) is 0 Å². The first-order chi connectivity index (χ1) is 9.99. The fourth-order valence-corrected chi connectivity index (χ4v) is 3.28. The Morgan fingerprint density at radius 1 is 0.810 bits per heavy atom. The van der Waals surface area contributed by atoms with E-state index in [2.05, 4.69) is 41.2 Å². The first-order valence-electron chi connectivity index (χ1n) is 9.63. The van der Waals surface area contributed by atoms with E-state index < -0.39 is 0 Å². The summed E-state index contributed by atoms with van der Waals surface area (Å²) in [7, 11) is 0. The number of hydrogen-bond donors (Lipinski definition) is 0. The Labute approximate surface area is 135 Å². The van der Waals surface area contributed by atoms with Crippen molar-refractivity contribution in [1.82, 2.24) is 0 Å². The van der Waals surface area contributed by atoms with Crippen LogP contribution in [0.25, 0.3) is 0 Å². The molecule has 0 saturated heterocycles. The van der Waals surface area contributed by atoms with Gasteiger partial charge in [-0.25, -0.2) is 0 Å². The molecule has 0 aliphatic rings. The van der Waals surface area contributed by atoms with Crippen LogP contribution in [0.2, 0.25) is 0 Å². The fourth-order valence-electron chi connectivity index (χ4n) is 3.28. The summed E-state index contributed by atoms with van der Waals surface area (Å²) in [5, 5.41) is 0. The van der Waals surface area contributed by atoms with E-state index in [1.54, 1.807) is 0 Å². The summed E-state index contributed by atoms with van der Waals surface area (Å²) in [5.74, 6) is 2.75. The highest BCUT2D eigenvalue weighted by atomic mass is 14.1. The number of allylic oxidation sites excluding steroid dienone is 1. The Balaban J connectivity index is 3.60. The van der Waals surface area contributed by atoms with Crippen LogP contribution in [0.1, 0.15) is 105 Å². The van der Waals surface area contributed by atoms with Crippen LogP contribution in [0.5, 0.6) is 0 Å². The number of rotatable bonds is 14. The minimum atomic E-state index is 0.881. The summed E-state index contributed by atoms with van der Waals surface area (Å²) in [6, 6.07) is 0. The van der Waals surface area contributed by atoms with Gasteiger partial charge in [-0.05, 0) is 31.1 Å². The smallest absolute Gasteiger partial charge is 0.0297 e. The summed E-state index contributed by atoms with van der Waals surface area (Å²) in [4.78, 5) is 0. The molecular weight excluding hydrogens is 252 g/mol. The third-order valence-electron chi connectivity index (χ3n) is 4.98. The SMILES string of the molecule is C=C(C)CC(CC)CCCCC(C)CCC(C)CCCC. The van der Waals surface area contributed by atoms with Crippen molar-refractivity contribution in [2.45, 2.75) is 105 Å². The molecule has 0 heterocycles. The zero-order valence-electron chi connectivity index (χ0n) is 15.7. The first-order valence-corrected chi connectivity index (χ1v) is 9.63. The zero-order valence-corrected chi connectivity index (χ0v) is 15.7. The standard InChI is InChI=1S/C21H42/c1-7-9-12-19(5)15-16-20(6)13-10-11-14-21(8-2)17-18(3)4/h19-21H,3,7-17H2,1-2,4-6H3. The van der Waals surface area contributed by atoms with Crippen molar-refractivity contribution < 1.29 is 0 Å². The van der Waals surface area contributed by atoms with Crippen LogP contribution >= 0.6 is 0 Å². The van der Waals surface area contributed by atoms with Crippen LogP contribution in [-0.4, -0.2) is 0 Å². The maximum Gasteiger partial charge on any atom is -0.0297 e. The predicted molar refractivity (Wildman–Crippen MR) is 98.8 cm³/mol. The van der Waals surface area contributed by atoms with Crippen LogP contribution in [0.15, 0.2) is 12.2 Å². The lowest BCUT2D eigenvalue weighted by Gasteiger charge is -2.17. The molecule has 21 heavy (non-hydrogen) atoms. The van der Waals surface area contributed by atoms with Gasteiger partial charge in [-0.1, -0.05) is 97.5 Å². The molecule has 0 saturated carbocycles. The van der Waals surface area contributed by atoms with E-state index >= 15 is 0 Å². The molecule has 0 radical (unpaired) electrons. The van der Waals surface area contributed by atoms with E-state index in [1.807, 2.05) is 0 Å². The second-order valence-corrected chi connectivity index (χ2v) is 7.65. The second kappa shape index (κ2) is 13.4. The molecule has 3 atom stereocenters. The van der Waals surface area contributed by atoms with Gasteiger partial charge in [0.25, 0.3) is 0 Å². The Bertz CT molecular complexity index is 240. The highest BCUT2D eigenvalue weighted by molar-refractivity contribution is 4.90. The molecule has 0 N–H and O–H groups in total. The normalized spacial score (nSPS) is 15.7. The van der Waals surface area contributed by atoms with Crippen molar-refractivity contribution in [3.05, 3.63) is 12.2 Å². The minimum absolute atomic E-state index is 0.881. The largest absolute Gasteiger partial charge is 0.100 e. The maximum absolute atomic E-state index is 4.06. The van der Waals surface area contributed by atoms with Gasteiger partial charge in [0.15, 0.2) is 0 Å². The van der Waals surface area contributed by atoms with Crippen LogP contribution in [-0.2, 0) is 0 Å². The van der Waals surface area contributed by atoms with Gasteiger partial charge in [0.05, 0.1) is 0 Å². The lowest BCUT2D eigenvalue weighted by Crippen LogP contribution is -2.02. The Morgan fingerprint density at radius 3 is 1.81 bits per heavy atom. The van der Waals surface area contributed by atoms with Crippen molar-refractivity contribution in [3.63, 3.8) is 0 Å². The highest BCUT2D eigenvalue weighted by Crippen LogP contribution is 2.24. The van der Waals surface area contributed by atoms with E-state index in [-0.39, 0.29) is 0 Å². The van der Waals surface area contributed by atoms with Gasteiger partial charge in [-0.2, -0.15) is 0 Å².